The molecular weight excluding hydrogens is 178 g/mol. The Hall–Kier alpha value is -1.99. The normalized spacial score (nSPS) is 9.79. The van der Waals surface area contributed by atoms with E-state index in [0.717, 1.165) is 10.9 Å². The van der Waals surface area contributed by atoms with Gasteiger partial charge >= 0.3 is 0 Å². The van der Waals surface area contributed by atoms with Crippen LogP contribution in [0.2, 0.25) is 0 Å². The van der Waals surface area contributed by atoms with Gasteiger partial charge in [0.15, 0.2) is 11.4 Å². The van der Waals surface area contributed by atoms with Crippen molar-refractivity contribution in [3.05, 3.63) is 23.8 Å². The minimum Gasteiger partial charge on any atom is -0.380 e. The van der Waals surface area contributed by atoms with Gasteiger partial charge in [-0.15, -0.1) is 0 Å². The van der Waals surface area contributed by atoms with Crippen molar-refractivity contribution in [2.24, 2.45) is 5.73 Å². The smallest absolute Gasteiger partial charge is 0.174 e. The summed E-state index contributed by atoms with van der Waals surface area (Å²) in [6, 6.07) is 5.47. The molecule has 0 saturated carbocycles. The number of nitrogens with two attached hydrogens (primary N) is 2. The number of nitrogen functional groups attached to an aromatic ring is 1. The van der Waals surface area contributed by atoms with E-state index in [1.807, 2.05) is 12.1 Å². The van der Waals surface area contributed by atoms with Crippen LogP contribution in [0, 0.1) is 11.8 Å². The standard InChI is InChI=1S/C10H9N3O/c11-5-1-2-7-3-4-9-8(6-7)10(12)13-14-9/h3-4,6H,5,11H2,(H2,12,13). The van der Waals surface area contributed by atoms with Gasteiger partial charge in [-0.3, -0.25) is 0 Å². The Morgan fingerprint density at radius 3 is 3.07 bits per heavy atom. The van der Waals surface area contributed by atoms with Crippen LogP contribution in [0.15, 0.2) is 22.7 Å². The zero-order chi connectivity index (χ0) is 9.97. The van der Waals surface area contributed by atoms with Gasteiger partial charge in [0.25, 0.3) is 0 Å². The van der Waals surface area contributed by atoms with E-state index in [9.17, 15) is 0 Å². The zero-order valence-corrected chi connectivity index (χ0v) is 7.45. The van der Waals surface area contributed by atoms with Crippen molar-refractivity contribution in [3.63, 3.8) is 0 Å². The molecule has 0 aliphatic rings. The van der Waals surface area contributed by atoms with Crippen LogP contribution in [0.3, 0.4) is 0 Å². The van der Waals surface area contributed by atoms with E-state index in [0.29, 0.717) is 17.9 Å². The lowest BCUT2D eigenvalue weighted by molar-refractivity contribution is 0.460. The number of hydrogen-bond acceptors (Lipinski definition) is 4. The van der Waals surface area contributed by atoms with Crippen molar-refractivity contribution >= 4 is 16.8 Å². The van der Waals surface area contributed by atoms with Crippen LogP contribution in [-0.2, 0) is 0 Å². The van der Waals surface area contributed by atoms with Gasteiger partial charge in [-0.05, 0) is 18.2 Å². The number of benzene rings is 1. The Labute approximate surface area is 80.9 Å². The first-order valence-corrected chi connectivity index (χ1v) is 4.15. The molecule has 0 aliphatic carbocycles. The van der Waals surface area contributed by atoms with Crippen LogP contribution in [0.1, 0.15) is 5.56 Å². The Morgan fingerprint density at radius 2 is 2.29 bits per heavy atom. The van der Waals surface area contributed by atoms with Crippen LogP contribution in [0.25, 0.3) is 11.0 Å². The quantitative estimate of drug-likeness (QED) is 0.596. The first kappa shape index (κ1) is 8.60. The summed E-state index contributed by atoms with van der Waals surface area (Å²) < 4.78 is 4.96. The number of fused-ring (bicyclic) bond motifs is 1. The fourth-order valence-electron chi connectivity index (χ4n) is 1.19. The van der Waals surface area contributed by atoms with E-state index in [-0.39, 0.29) is 0 Å². The summed E-state index contributed by atoms with van der Waals surface area (Å²) in [5.74, 6) is 6.07. The van der Waals surface area contributed by atoms with Crippen molar-refractivity contribution in [1.82, 2.24) is 5.16 Å². The Kier molecular flexibility index (Phi) is 2.09. The van der Waals surface area contributed by atoms with Crippen LogP contribution in [-0.4, -0.2) is 11.7 Å². The number of hydrogen-bond donors (Lipinski definition) is 2. The average Bonchev–Trinajstić information content (AvgIpc) is 2.57. The molecule has 0 saturated heterocycles. The highest BCUT2D eigenvalue weighted by Gasteiger charge is 2.03. The van der Waals surface area contributed by atoms with E-state index < -0.39 is 0 Å². The third-order valence-corrected chi connectivity index (χ3v) is 1.83. The molecule has 0 aliphatic heterocycles. The number of anilines is 1. The summed E-state index contributed by atoms with van der Waals surface area (Å²) in [5.41, 5.74) is 12.4. The summed E-state index contributed by atoms with van der Waals surface area (Å²) in [6.45, 7) is 0.344. The topological polar surface area (TPSA) is 78.1 Å². The molecule has 2 rings (SSSR count). The summed E-state index contributed by atoms with van der Waals surface area (Å²) in [6.07, 6.45) is 0. The zero-order valence-electron chi connectivity index (χ0n) is 7.45. The molecular formula is C10H9N3O. The summed E-state index contributed by atoms with van der Waals surface area (Å²) in [5, 5.41) is 4.43. The van der Waals surface area contributed by atoms with Gasteiger partial charge in [0.1, 0.15) is 0 Å². The lowest BCUT2D eigenvalue weighted by Gasteiger charge is -1.89. The van der Waals surface area contributed by atoms with Crippen LogP contribution in [0.5, 0.6) is 0 Å². The first-order chi connectivity index (χ1) is 6.81. The molecule has 0 radical (unpaired) electrons. The van der Waals surface area contributed by atoms with Gasteiger partial charge in [-0.25, -0.2) is 0 Å². The largest absolute Gasteiger partial charge is 0.380 e. The summed E-state index contributed by atoms with van der Waals surface area (Å²) in [7, 11) is 0. The maximum absolute atomic E-state index is 5.60. The van der Waals surface area contributed by atoms with Crippen molar-refractivity contribution in [1.29, 1.82) is 0 Å². The van der Waals surface area contributed by atoms with Gasteiger partial charge < -0.3 is 16.0 Å². The van der Waals surface area contributed by atoms with E-state index in [1.165, 1.54) is 0 Å². The number of aromatic nitrogens is 1. The fourth-order valence-corrected chi connectivity index (χ4v) is 1.19. The highest BCUT2D eigenvalue weighted by atomic mass is 16.5. The molecule has 4 heteroatoms. The maximum atomic E-state index is 5.60. The molecule has 4 N–H and O–H groups in total. The molecule has 4 nitrogen and oxygen atoms in total. The van der Waals surface area contributed by atoms with Crippen molar-refractivity contribution in [2.75, 3.05) is 12.3 Å². The average molecular weight is 187 g/mol. The highest BCUT2D eigenvalue weighted by molar-refractivity contribution is 5.87. The van der Waals surface area contributed by atoms with Gasteiger partial charge in [0.05, 0.1) is 11.9 Å². The van der Waals surface area contributed by atoms with E-state index >= 15 is 0 Å². The molecule has 0 unspecified atom stereocenters. The Morgan fingerprint density at radius 1 is 1.43 bits per heavy atom. The maximum Gasteiger partial charge on any atom is 0.174 e. The third-order valence-electron chi connectivity index (χ3n) is 1.83. The number of rotatable bonds is 0. The van der Waals surface area contributed by atoms with Gasteiger partial charge in [-0.1, -0.05) is 17.0 Å². The van der Waals surface area contributed by atoms with Crippen molar-refractivity contribution in [3.8, 4) is 11.8 Å². The van der Waals surface area contributed by atoms with Gasteiger partial charge in [-0.2, -0.15) is 0 Å². The van der Waals surface area contributed by atoms with E-state index in [4.69, 9.17) is 16.0 Å². The van der Waals surface area contributed by atoms with Gasteiger partial charge in [0.2, 0.25) is 0 Å². The number of nitrogens with zero attached hydrogens (tertiary/aromatic N) is 1. The van der Waals surface area contributed by atoms with E-state index in [1.54, 1.807) is 6.07 Å². The van der Waals surface area contributed by atoms with Crippen molar-refractivity contribution in [2.45, 2.75) is 0 Å². The minimum atomic E-state index is 0.344. The fraction of sp³-hybridized carbons (Fsp3) is 0.100. The predicted molar refractivity (Wildman–Crippen MR) is 54.4 cm³/mol. The van der Waals surface area contributed by atoms with Crippen LogP contribution >= 0.6 is 0 Å². The van der Waals surface area contributed by atoms with Crippen LogP contribution in [0.4, 0.5) is 5.82 Å². The second kappa shape index (κ2) is 3.40. The molecule has 0 spiro atoms. The second-order valence-electron chi connectivity index (χ2n) is 2.78. The molecule has 2 aromatic rings. The second-order valence-corrected chi connectivity index (χ2v) is 2.78. The van der Waals surface area contributed by atoms with Crippen molar-refractivity contribution < 1.29 is 4.52 Å². The molecule has 1 heterocycles. The molecule has 0 amide bonds. The molecule has 14 heavy (non-hydrogen) atoms. The van der Waals surface area contributed by atoms with Crippen LogP contribution < -0.4 is 11.5 Å². The molecule has 0 bridgehead atoms. The SMILES string of the molecule is NCC#Cc1ccc2onc(N)c2c1. The molecule has 1 aromatic carbocycles. The van der Waals surface area contributed by atoms with E-state index in [2.05, 4.69) is 17.0 Å². The lowest BCUT2D eigenvalue weighted by Crippen LogP contribution is -1.93. The molecule has 70 valence electrons. The Balaban J connectivity index is 2.54. The molecule has 1 aromatic heterocycles. The molecule has 0 fully saturated rings. The minimum absolute atomic E-state index is 0.344. The van der Waals surface area contributed by atoms with Gasteiger partial charge in [0, 0.05) is 5.56 Å². The summed E-state index contributed by atoms with van der Waals surface area (Å²) >= 11 is 0. The predicted octanol–water partition coefficient (Wildman–Crippen LogP) is 0.720. The highest BCUT2D eigenvalue weighted by Crippen LogP contribution is 2.20. The summed E-state index contributed by atoms with van der Waals surface area (Å²) in [4.78, 5) is 0. The molecule has 0 atom stereocenters. The lowest BCUT2D eigenvalue weighted by atomic mass is 10.1. The first-order valence-electron chi connectivity index (χ1n) is 4.15. The monoisotopic (exact) mass is 187 g/mol. The Bertz CT molecular complexity index is 519. The third kappa shape index (κ3) is 1.41.